The van der Waals surface area contributed by atoms with Crippen molar-refractivity contribution in [3.05, 3.63) is 0 Å². The topological polar surface area (TPSA) is 49.5 Å². The second kappa shape index (κ2) is 22.9. The average Bonchev–Trinajstić information content (AvgIpc) is 2.65. The number of unbranched alkanes of at least 4 members (excludes halogenated alkanes) is 15. The normalized spacial score (nSPS) is 11.5. The molecule has 0 atom stereocenters. The molecule has 0 bridgehead atoms. The van der Waals surface area contributed by atoms with E-state index in [0.29, 0.717) is 0 Å². The summed E-state index contributed by atoms with van der Waals surface area (Å²) in [6, 6.07) is 0. The highest BCUT2D eigenvalue weighted by atomic mass is 16.3. The van der Waals surface area contributed by atoms with Crippen LogP contribution in [0.25, 0.3) is 0 Å². The van der Waals surface area contributed by atoms with Gasteiger partial charge in [0.15, 0.2) is 0 Å². The van der Waals surface area contributed by atoms with Crippen LogP contribution >= 0.6 is 0 Å². The van der Waals surface area contributed by atoms with Crippen molar-refractivity contribution in [2.75, 3.05) is 32.8 Å². The molecule has 0 heterocycles. The van der Waals surface area contributed by atoms with Crippen LogP contribution in [0.4, 0.5) is 0 Å². The number of hydrogen-bond acceptors (Lipinski definition) is 3. The molecular formula is C23H50N2O. The quantitative estimate of drug-likeness (QED) is 0.234. The molecule has 0 aliphatic heterocycles. The molecule has 158 valence electrons. The van der Waals surface area contributed by atoms with Crippen LogP contribution in [-0.2, 0) is 0 Å². The van der Waals surface area contributed by atoms with E-state index in [0.717, 1.165) is 32.6 Å². The van der Waals surface area contributed by atoms with E-state index in [-0.39, 0.29) is 6.61 Å². The first kappa shape index (κ1) is 25.9. The number of rotatable bonds is 22. The summed E-state index contributed by atoms with van der Waals surface area (Å²) in [5.41, 5.74) is 5.57. The number of hydrogen-bond donors (Lipinski definition) is 2. The summed E-state index contributed by atoms with van der Waals surface area (Å²) in [7, 11) is 0. The second-order valence-electron chi connectivity index (χ2n) is 8.01. The smallest absolute Gasteiger partial charge is 0.0558 e. The van der Waals surface area contributed by atoms with Crippen LogP contribution < -0.4 is 5.73 Å². The monoisotopic (exact) mass is 370 g/mol. The molecule has 0 aromatic heterocycles. The maximum absolute atomic E-state index is 9.10. The predicted octanol–water partition coefficient (Wildman–Crippen LogP) is 5.89. The van der Waals surface area contributed by atoms with E-state index in [1.807, 2.05) is 0 Å². The third-order valence-corrected chi connectivity index (χ3v) is 5.42. The first-order valence-corrected chi connectivity index (χ1v) is 11.9. The number of nitrogens with two attached hydrogens (primary N) is 1. The van der Waals surface area contributed by atoms with Crippen molar-refractivity contribution in [3.8, 4) is 0 Å². The van der Waals surface area contributed by atoms with Gasteiger partial charge in [0.2, 0.25) is 0 Å². The summed E-state index contributed by atoms with van der Waals surface area (Å²) in [6.45, 7) is 6.27. The zero-order valence-corrected chi connectivity index (χ0v) is 18.0. The lowest BCUT2D eigenvalue weighted by molar-refractivity contribution is 0.192. The van der Waals surface area contributed by atoms with Crippen LogP contribution in [0, 0.1) is 0 Å². The second-order valence-corrected chi connectivity index (χ2v) is 8.01. The molecule has 0 radical (unpaired) electrons. The average molecular weight is 371 g/mol. The fraction of sp³-hybridized carbons (Fsp3) is 1.00. The van der Waals surface area contributed by atoms with E-state index in [1.54, 1.807) is 0 Å². The van der Waals surface area contributed by atoms with Gasteiger partial charge < -0.3 is 15.7 Å². The molecule has 3 N–H and O–H groups in total. The molecule has 3 nitrogen and oxygen atoms in total. The predicted molar refractivity (Wildman–Crippen MR) is 117 cm³/mol. The van der Waals surface area contributed by atoms with E-state index in [4.69, 9.17) is 10.8 Å². The highest BCUT2D eigenvalue weighted by molar-refractivity contribution is 4.58. The van der Waals surface area contributed by atoms with E-state index in [2.05, 4.69) is 11.8 Å². The van der Waals surface area contributed by atoms with Gasteiger partial charge in [-0.25, -0.2) is 0 Å². The van der Waals surface area contributed by atoms with E-state index >= 15 is 0 Å². The zero-order chi connectivity index (χ0) is 19.1. The Morgan fingerprint density at radius 1 is 0.538 bits per heavy atom. The van der Waals surface area contributed by atoms with Crippen molar-refractivity contribution in [1.29, 1.82) is 0 Å². The molecule has 0 saturated heterocycles. The summed E-state index contributed by atoms with van der Waals surface area (Å²) in [4.78, 5) is 2.36. The molecule has 0 amide bonds. The lowest BCUT2D eigenvalue weighted by Crippen LogP contribution is -2.30. The summed E-state index contributed by atoms with van der Waals surface area (Å²) in [5, 5.41) is 9.10. The molecule has 3 heteroatoms. The van der Waals surface area contributed by atoms with Crippen LogP contribution in [0.5, 0.6) is 0 Å². The summed E-state index contributed by atoms with van der Waals surface area (Å²) >= 11 is 0. The van der Waals surface area contributed by atoms with Gasteiger partial charge in [-0.1, -0.05) is 103 Å². The summed E-state index contributed by atoms with van der Waals surface area (Å²) in [5.74, 6) is 0. The van der Waals surface area contributed by atoms with Crippen molar-refractivity contribution in [2.45, 2.75) is 116 Å². The fourth-order valence-corrected chi connectivity index (χ4v) is 3.68. The fourth-order valence-electron chi connectivity index (χ4n) is 3.68. The van der Waals surface area contributed by atoms with Crippen molar-refractivity contribution in [2.24, 2.45) is 5.73 Å². The maximum Gasteiger partial charge on any atom is 0.0558 e. The number of aliphatic hydroxyl groups excluding tert-OH is 1. The Labute approximate surface area is 165 Å². The van der Waals surface area contributed by atoms with Gasteiger partial charge in [-0.15, -0.1) is 0 Å². The Morgan fingerprint density at radius 2 is 0.923 bits per heavy atom. The van der Waals surface area contributed by atoms with Crippen molar-refractivity contribution < 1.29 is 5.11 Å². The molecule has 0 fully saturated rings. The first-order chi connectivity index (χ1) is 12.8. The molecule has 0 spiro atoms. The largest absolute Gasteiger partial charge is 0.395 e. The summed E-state index contributed by atoms with van der Waals surface area (Å²) < 4.78 is 0. The van der Waals surface area contributed by atoms with Crippen LogP contribution in [0.2, 0.25) is 0 Å². The minimum Gasteiger partial charge on any atom is -0.395 e. The molecule has 0 unspecified atom stereocenters. The lowest BCUT2D eigenvalue weighted by atomic mass is 10.0. The minimum absolute atomic E-state index is 0.267. The van der Waals surface area contributed by atoms with Crippen LogP contribution in [0.3, 0.4) is 0 Å². The number of nitrogens with zero attached hydrogens (tertiary/aromatic N) is 1. The Morgan fingerprint density at radius 3 is 1.31 bits per heavy atom. The third-order valence-electron chi connectivity index (χ3n) is 5.42. The molecule has 0 aromatic carbocycles. The van der Waals surface area contributed by atoms with Gasteiger partial charge in [0.05, 0.1) is 6.61 Å². The van der Waals surface area contributed by atoms with Gasteiger partial charge in [-0.3, -0.25) is 0 Å². The molecule has 0 aliphatic carbocycles. The molecule has 0 saturated carbocycles. The Balaban J connectivity index is 3.18. The van der Waals surface area contributed by atoms with Crippen LogP contribution in [0.1, 0.15) is 116 Å². The Kier molecular flexibility index (Phi) is 22.8. The van der Waals surface area contributed by atoms with Gasteiger partial charge in [0.25, 0.3) is 0 Å². The third kappa shape index (κ3) is 20.2. The minimum atomic E-state index is 0.267. The molecule has 26 heavy (non-hydrogen) atoms. The van der Waals surface area contributed by atoms with Gasteiger partial charge in [-0.05, 0) is 32.5 Å². The van der Waals surface area contributed by atoms with E-state index < -0.39 is 0 Å². The Bertz CT molecular complexity index is 248. The Hall–Kier alpha value is -0.120. The van der Waals surface area contributed by atoms with Gasteiger partial charge >= 0.3 is 0 Å². The molecule has 0 rings (SSSR count). The SMILES string of the molecule is CCCCCCCCCCCCCCCCCCN(CCO)CCCN. The highest BCUT2D eigenvalue weighted by Crippen LogP contribution is 2.13. The van der Waals surface area contributed by atoms with E-state index in [9.17, 15) is 0 Å². The van der Waals surface area contributed by atoms with Crippen molar-refractivity contribution in [3.63, 3.8) is 0 Å². The molecule has 0 aliphatic rings. The lowest BCUT2D eigenvalue weighted by Gasteiger charge is -2.20. The molecular weight excluding hydrogens is 320 g/mol. The van der Waals surface area contributed by atoms with Gasteiger partial charge in [0, 0.05) is 6.54 Å². The molecule has 0 aromatic rings. The zero-order valence-electron chi connectivity index (χ0n) is 18.0. The van der Waals surface area contributed by atoms with E-state index in [1.165, 1.54) is 103 Å². The standard InChI is InChI=1S/C23H50N2O/c1-2-3-4-5-6-7-8-9-10-11-12-13-14-15-16-17-20-25(22-23-26)21-18-19-24/h26H,2-24H2,1H3. The van der Waals surface area contributed by atoms with Crippen LogP contribution in [-0.4, -0.2) is 42.8 Å². The highest BCUT2D eigenvalue weighted by Gasteiger charge is 2.03. The van der Waals surface area contributed by atoms with Crippen LogP contribution in [0.15, 0.2) is 0 Å². The van der Waals surface area contributed by atoms with Crippen molar-refractivity contribution >= 4 is 0 Å². The number of aliphatic hydroxyl groups is 1. The first-order valence-electron chi connectivity index (χ1n) is 11.9. The van der Waals surface area contributed by atoms with Gasteiger partial charge in [0.1, 0.15) is 0 Å². The summed E-state index contributed by atoms with van der Waals surface area (Å²) in [6.07, 6.45) is 23.7. The maximum atomic E-state index is 9.10. The van der Waals surface area contributed by atoms with Gasteiger partial charge in [-0.2, -0.15) is 0 Å². The van der Waals surface area contributed by atoms with Crippen molar-refractivity contribution in [1.82, 2.24) is 4.90 Å².